The fourth-order valence-electron chi connectivity index (χ4n) is 3.13. The van der Waals surface area contributed by atoms with Crippen LogP contribution in [0.1, 0.15) is 27.4 Å². The molecule has 0 aliphatic carbocycles. The van der Waals surface area contributed by atoms with Crippen LogP contribution in [0, 0.1) is 20.8 Å². The van der Waals surface area contributed by atoms with Crippen molar-refractivity contribution in [3.63, 3.8) is 0 Å². The number of H-pyrrole nitrogens is 2. The van der Waals surface area contributed by atoms with Crippen molar-refractivity contribution < 1.29 is 4.79 Å². The number of aromatic nitrogens is 4. The molecule has 0 radical (unpaired) electrons. The summed E-state index contributed by atoms with van der Waals surface area (Å²) >= 11 is 0. The molecule has 0 atom stereocenters. The molecule has 0 saturated heterocycles. The maximum atomic E-state index is 12.7. The van der Waals surface area contributed by atoms with Gasteiger partial charge in [-0.15, -0.1) is 0 Å². The lowest BCUT2D eigenvalue weighted by Gasteiger charge is -2.05. The monoisotopic (exact) mass is 345 g/mol. The zero-order valence-corrected chi connectivity index (χ0v) is 14.8. The number of benzene rings is 2. The maximum Gasteiger partial charge on any atom is 0.272 e. The van der Waals surface area contributed by atoms with Crippen LogP contribution in [0.15, 0.2) is 42.5 Å². The van der Waals surface area contributed by atoms with Crippen molar-refractivity contribution in [1.29, 1.82) is 0 Å². The predicted molar refractivity (Wildman–Crippen MR) is 102 cm³/mol. The van der Waals surface area contributed by atoms with Gasteiger partial charge in [-0.1, -0.05) is 18.2 Å². The van der Waals surface area contributed by atoms with Crippen molar-refractivity contribution in [2.24, 2.45) is 0 Å². The van der Waals surface area contributed by atoms with Crippen molar-refractivity contribution >= 4 is 22.5 Å². The van der Waals surface area contributed by atoms with E-state index in [1.54, 1.807) is 0 Å². The van der Waals surface area contributed by atoms with E-state index in [4.69, 9.17) is 0 Å². The van der Waals surface area contributed by atoms with Gasteiger partial charge in [0, 0.05) is 22.2 Å². The minimum atomic E-state index is -0.179. The summed E-state index contributed by atoms with van der Waals surface area (Å²) in [7, 11) is 0. The lowest BCUT2D eigenvalue weighted by Crippen LogP contribution is -2.12. The van der Waals surface area contributed by atoms with Gasteiger partial charge in [-0.05, 0) is 56.2 Å². The molecule has 2 aromatic carbocycles. The fraction of sp³-hybridized carbons (Fsp3) is 0.150. The molecule has 0 saturated carbocycles. The largest absolute Gasteiger partial charge is 0.351 e. The normalized spacial score (nSPS) is 11.0. The van der Waals surface area contributed by atoms with Gasteiger partial charge in [-0.25, -0.2) is 4.98 Å². The molecule has 0 aliphatic heterocycles. The Hall–Kier alpha value is -3.41. The lowest BCUT2D eigenvalue weighted by molar-refractivity contribution is 0.102. The van der Waals surface area contributed by atoms with Crippen LogP contribution < -0.4 is 5.32 Å². The van der Waals surface area contributed by atoms with E-state index in [2.05, 4.69) is 31.5 Å². The van der Waals surface area contributed by atoms with Crippen LogP contribution in [0.4, 0.5) is 5.69 Å². The van der Waals surface area contributed by atoms with E-state index < -0.39 is 0 Å². The molecule has 4 aromatic rings. The molecule has 3 N–H and O–H groups in total. The number of amides is 1. The van der Waals surface area contributed by atoms with Crippen LogP contribution in [0.5, 0.6) is 0 Å². The van der Waals surface area contributed by atoms with E-state index >= 15 is 0 Å². The van der Waals surface area contributed by atoms with Gasteiger partial charge < -0.3 is 10.3 Å². The quantitative estimate of drug-likeness (QED) is 0.522. The Morgan fingerprint density at radius 1 is 1.08 bits per heavy atom. The Bertz CT molecular complexity index is 1120. The Morgan fingerprint density at radius 3 is 2.69 bits per heavy atom. The highest BCUT2D eigenvalue weighted by atomic mass is 16.1. The molecular weight excluding hydrogens is 326 g/mol. The molecule has 2 aromatic heterocycles. The van der Waals surface area contributed by atoms with Crippen molar-refractivity contribution in [3.05, 3.63) is 65.1 Å². The van der Waals surface area contributed by atoms with Gasteiger partial charge >= 0.3 is 0 Å². The zero-order valence-electron chi connectivity index (χ0n) is 14.8. The zero-order chi connectivity index (χ0) is 18.3. The average molecular weight is 345 g/mol. The number of anilines is 1. The van der Waals surface area contributed by atoms with Gasteiger partial charge in [-0.3, -0.25) is 9.89 Å². The van der Waals surface area contributed by atoms with Crippen molar-refractivity contribution in [3.8, 4) is 11.4 Å². The van der Waals surface area contributed by atoms with E-state index in [0.717, 1.165) is 27.9 Å². The van der Waals surface area contributed by atoms with Crippen molar-refractivity contribution in [1.82, 2.24) is 20.2 Å². The van der Waals surface area contributed by atoms with E-state index in [-0.39, 0.29) is 5.91 Å². The second kappa shape index (κ2) is 6.15. The van der Waals surface area contributed by atoms with Crippen LogP contribution in [0.2, 0.25) is 0 Å². The molecule has 0 aliphatic rings. The topological polar surface area (TPSA) is 86.5 Å². The summed E-state index contributed by atoms with van der Waals surface area (Å²) < 4.78 is 0. The minimum absolute atomic E-state index is 0.179. The van der Waals surface area contributed by atoms with Gasteiger partial charge in [0.2, 0.25) is 0 Å². The molecule has 0 unspecified atom stereocenters. The van der Waals surface area contributed by atoms with Gasteiger partial charge in [0.1, 0.15) is 11.5 Å². The predicted octanol–water partition coefficient (Wildman–Crippen LogP) is 4.13. The fourth-order valence-corrected chi connectivity index (χ4v) is 3.13. The second-order valence-electron chi connectivity index (χ2n) is 6.51. The first-order valence-electron chi connectivity index (χ1n) is 8.40. The van der Waals surface area contributed by atoms with Crippen LogP contribution >= 0.6 is 0 Å². The molecule has 1 amide bonds. The highest BCUT2D eigenvalue weighted by Crippen LogP contribution is 2.23. The Balaban J connectivity index is 1.61. The number of hydrogen-bond donors (Lipinski definition) is 3. The lowest BCUT2D eigenvalue weighted by atomic mass is 10.1. The minimum Gasteiger partial charge on any atom is -0.351 e. The summed E-state index contributed by atoms with van der Waals surface area (Å²) in [5.41, 5.74) is 5.36. The van der Waals surface area contributed by atoms with E-state index in [9.17, 15) is 4.79 Å². The summed E-state index contributed by atoms with van der Waals surface area (Å²) in [6, 6.07) is 13.5. The molecule has 130 valence electrons. The molecule has 6 heteroatoms. The summed E-state index contributed by atoms with van der Waals surface area (Å²) in [5, 5.41) is 11.0. The highest BCUT2D eigenvalue weighted by molar-refractivity contribution is 6.06. The molecule has 0 bridgehead atoms. The van der Waals surface area contributed by atoms with Gasteiger partial charge in [0.25, 0.3) is 5.91 Å². The summed E-state index contributed by atoms with van der Waals surface area (Å²) in [5.74, 6) is 1.18. The average Bonchev–Trinajstić information content (AvgIpc) is 3.21. The number of fused-ring (bicyclic) bond motifs is 1. The number of nitrogens with zero attached hydrogens (tertiary/aromatic N) is 2. The highest BCUT2D eigenvalue weighted by Gasteiger charge is 2.12. The third kappa shape index (κ3) is 2.97. The first-order valence-corrected chi connectivity index (χ1v) is 8.40. The Morgan fingerprint density at radius 2 is 1.92 bits per heavy atom. The Labute approximate surface area is 150 Å². The van der Waals surface area contributed by atoms with E-state index in [0.29, 0.717) is 17.2 Å². The molecule has 2 heterocycles. The number of carbonyl (C=O) groups excluding carboxylic acids is 1. The molecule has 6 nitrogen and oxygen atoms in total. The first-order chi connectivity index (χ1) is 12.5. The summed E-state index contributed by atoms with van der Waals surface area (Å²) in [4.78, 5) is 20.2. The number of nitrogens with one attached hydrogen (secondary N) is 3. The van der Waals surface area contributed by atoms with Gasteiger partial charge in [0.05, 0.1) is 0 Å². The van der Waals surface area contributed by atoms with Crippen LogP contribution in [0.25, 0.3) is 22.3 Å². The van der Waals surface area contributed by atoms with Crippen molar-refractivity contribution in [2.75, 3.05) is 5.32 Å². The molecular formula is C20H19N5O. The number of aromatic amines is 2. The molecule has 4 rings (SSSR count). The van der Waals surface area contributed by atoms with Gasteiger partial charge in [0.15, 0.2) is 5.82 Å². The van der Waals surface area contributed by atoms with E-state index in [1.807, 2.05) is 57.2 Å². The molecule has 26 heavy (non-hydrogen) atoms. The van der Waals surface area contributed by atoms with Crippen LogP contribution in [-0.4, -0.2) is 26.1 Å². The van der Waals surface area contributed by atoms with Crippen LogP contribution in [-0.2, 0) is 0 Å². The third-order valence-electron chi connectivity index (χ3n) is 4.31. The molecule has 0 fully saturated rings. The Kier molecular flexibility index (Phi) is 3.80. The second-order valence-corrected chi connectivity index (χ2v) is 6.51. The molecule has 0 spiro atoms. The first kappa shape index (κ1) is 16.1. The number of carbonyl (C=O) groups is 1. The van der Waals surface area contributed by atoms with Crippen molar-refractivity contribution in [2.45, 2.75) is 20.8 Å². The number of aryl methyl sites for hydroxylation is 3. The van der Waals surface area contributed by atoms with Gasteiger partial charge in [-0.2, -0.15) is 5.10 Å². The smallest absolute Gasteiger partial charge is 0.272 e. The van der Waals surface area contributed by atoms with Crippen LogP contribution in [0.3, 0.4) is 0 Å². The SMILES string of the molecule is Cc1cc(C)c2cc(C(=O)Nc3cccc(-c4n[nH]c(C)n4)c3)[nH]c2c1. The standard InChI is InChI=1S/C20H19N5O/c1-11-7-12(2)16-10-18(23-17(16)8-11)20(26)22-15-6-4-5-14(9-15)19-21-13(3)24-25-19/h4-10,23H,1-3H3,(H,22,26)(H,21,24,25). The number of rotatable bonds is 3. The third-order valence-corrected chi connectivity index (χ3v) is 4.31. The maximum absolute atomic E-state index is 12.7. The van der Waals surface area contributed by atoms with E-state index in [1.165, 1.54) is 5.56 Å². The number of hydrogen-bond acceptors (Lipinski definition) is 3. The summed E-state index contributed by atoms with van der Waals surface area (Å²) in [6.45, 7) is 5.94. The summed E-state index contributed by atoms with van der Waals surface area (Å²) in [6.07, 6.45) is 0.